The van der Waals surface area contributed by atoms with Gasteiger partial charge in [0.15, 0.2) is 0 Å². The van der Waals surface area contributed by atoms with E-state index in [-0.39, 0.29) is 11.9 Å². The van der Waals surface area contributed by atoms with Crippen LogP contribution in [0.1, 0.15) is 34.6 Å². The third-order valence-electron chi connectivity index (χ3n) is 3.71. The van der Waals surface area contributed by atoms with E-state index in [1.165, 1.54) is 11.3 Å². The second kappa shape index (κ2) is 8.27. The maximum atomic E-state index is 12.4. The minimum atomic E-state index is -0.116. The van der Waals surface area contributed by atoms with E-state index in [1.54, 1.807) is 29.8 Å². The van der Waals surface area contributed by atoms with Crippen LogP contribution in [-0.2, 0) is 6.61 Å². The maximum absolute atomic E-state index is 12.4. The van der Waals surface area contributed by atoms with E-state index in [0.29, 0.717) is 17.9 Å². The van der Waals surface area contributed by atoms with Crippen LogP contribution in [0.3, 0.4) is 0 Å². The van der Waals surface area contributed by atoms with Crippen molar-refractivity contribution in [3.63, 3.8) is 0 Å². The summed E-state index contributed by atoms with van der Waals surface area (Å²) in [4.78, 5) is 16.6. The number of rotatable bonds is 6. The first kappa shape index (κ1) is 17.6. The number of carbonyl (C=O) groups is 1. The van der Waals surface area contributed by atoms with Crippen LogP contribution < -0.4 is 10.1 Å². The van der Waals surface area contributed by atoms with Crippen LogP contribution in [0.25, 0.3) is 0 Å². The molecule has 4 nitrogen and oxygen atoms in total. The summed E-state index contributed by atoms with van der Waals surface area (Å²) in [6.07, 6.45) is 0. The van der Waals surface area contributed by atoms with Crippen LogP contribution in [0.15, 0.2) is 63.9 Å². The van der Waals surface area contributed by atoms with Gasteiger partial charge >= 0.3 is 0 Å². The highest BCUT2D eigenvalue weighted by atomic mass is 79.9. The fourth-order valence-corrected chi connectivity index (χ4v) is 3.52. The van der Waals surface area contributed by atoms with Crippen LogP contribution in [-0.4, -0.2) is 10.9 Å². The molecule has 6 heteroatoms. The Bertz CT molecular complexity index is 835. The summed E-state index contributed by atoms with van der Waals surface area (Å²) in [5.41, 5.74) is 4.31. The number of carbonyl (C=O) groups excluding carboxylic acids is 1. The summed E-state index contributed by atoms with van der Waals surface area (Å²) in [7, 11) is 0. The average molecular weight is 417 g/mol. The van der Waals surface area contributed by atoms with Crippen molar-refractivity contribution >= 4 is 33.2 Å². The van der Waals surface area contributed by atoms with E-state index in [4.69, 9.17) is 4.74 Å². The third kappa shape index (κ3) is 4.67. The number of aromatic nitrogens is 1. The van der Waals surface area contributed by atoms with Crippen molar-refractivity contribution in [3.05, 3.63) is 80.7 Å². The van der Waals surface area contributed by atoms with Gasteiger partial charge in [-0.2, -0.15) is 0 Å². The molecular formula is C19H17BrN2O2S. The van der Waals surface area contributed by atoms with Crippen LogP contribution >= 0.6 is 27.3 Å². The lowest BCUT2D eigenvalue weighted by Crippen LogP contribution is -2.26. The topological polar surface area (TPSA) is 51.2 Å². The van der Waals surface area contributed by atoms with Gasteiger partial charge in [-0.25, -0.2) is 4.98 Å². The van der Waals surface area contributed by atoms with Crippen molar-refractivity contribution in [3.8, 4) is 5.75 Å². The normalized spacial score (nSPS) is 11.8. The number of ether oxygens (including phenoxy) is 1. The van der Waals surface area contributed by atoms with Gasteiger partial charge in [0.05, 0.1) is 17.2 Å². The van der Waals surface area contributed by atoms with E-state index in [0.717, 1.165) is 15.7 Å². The molecule has 0 aliphatic heterocycles. The first-order chi connectivity index (χ1) is 12.1. The van der Waals surface area contributed by atoms with Crippen molar-refractivity contribution in [2.75, 3.05) is 0 Å². The molecule has 1 atom stereocenters. The van der Waals surface area contributed by atoms with Crippen LogP contribution in [0.4, 0.5) is 0 Å². The van der Waals surface area contributed by atoms with Gasteiger partial charge in [0.25, 0.3) is 5.91 Å². The lowest BCUT2D eigenvalue weighted by Gasteiger charge is -2.16. The number of nitrogens with zero attached hydrogens (tertiary/aromatic N) is 1. The number of amides is 1. The standard InChI is InChI=1S/C19H17BrN2O2S/c1-13(17-4-2-3-5-18(17)20)22-19(23)14-6-8-16(9-7-14)24-10-15-11-25-12-21-15/h2-9,11-13H,10H2,1H3,(H,22,23)/t13-/m0/s1. The molecule has 1 aromatic heterocycles. The number of benzene rings is 2. The molecule has 0 aliphatic rings. The van der Waals surface area contributed by atoms with Crippen LogP contribution in [0, 0.1) is 0 Å². The first-order valence-corrected chi connectivity index (χ1v) is 9.52. The lowest BCUT2D eigenvalue weighted by molar-refractivity contribution is 0.0939. The molecule has 128 valence electrons. The van der Waals surface area contributed by atoms with Gasteiger partial charge in [0.1, 0.15) is 12.4 Å². The van der Waals surface area contributed by atoms with Crippen molar-refractivity contribution in [2.45, 2.75) is 19.6 Å². The average Bonchev–Trinajstić information content (AvgIpc) is 3.14. The van der Waals surface area contributed by atoms with E-state index >= 15 is 0 Å². The Morgan fingerprint density at radius 2 is 2.00 bits per heavy atom. The fraction of sp³-hybridized carbons (Fsp3) is 0.158. The van der Waals surface area contributed by atoms with E-state index in [9.17, 15) is 4.79 Å². The highest BCUT2D eigenvalue weighted by Crippen LogP contribution is 2.23. The molecule has 25 heavy (non-hydrogen) atoms. The number of nitrogens with one attached hydrogen (secondary N) is 1. The van der Waals surface area contributed by atoms with E-state index in [2.05, 4.69) is 26.2 Å². The van der Waals surface area contributed by atoms with Crippen molar-refractivity contribution in [2.24, 2.45) is 0 Å². The summed E-state index contributed by atoms with van der Waals surface area (Å²) in [5, 5.41) is 4.96. The molecule has 0 aliphatic carbocycles. The second-order valence-electron chi connectivity index (χ2n) is 5.51. The molecular weight excluding hydrogens is 400 g/mol. The summed E-state index contributed by atoms with van der Waals surface area (Å²) < 4.78 is 6.64. The molecule has 2 aromatic carbocycles. The lowest BCUT2D eigenvalue weighted by atomic mass is 10.1. The molecule has 3 aromatic rings. The second-order valence-corrected chi connectivity index (χ2v) is 7.08. The Morgan fingerprint density at radius 3 is 2.68 bits per heavy atom. The zero-order chi connectivity index (χ0) is 17.6. The van der Waals surface area contributed by atoms with Crippen LogP contribution in [0.5, 0.6) is 5.75 Å². The summed E-state index contributed by atoms with van der Waals surface area (Å²) in [6.45, 7) is 2.39. The Morgan fingerprint density at radius 1 is 1.24 bits per heavy atom. The van der Waals surface area contributed by atoms with E-state index in [1.807, 2.05) is 36.6 Å². The zero-order valence-corrected chi connectivity index (χ0v) is 16.0. The number of hydrogen-bond acceptors (Lipinski definition) is 4. The predicted molar refractivity (Wildman–Crippen MR) is 103 cm³/mol. The van der Waals surface area contributed by atoms with E-state index < -0.39 is 0 Å². The first-order valence-electron chi connectivity index (χ1n) is 7.78. The summed E-state index contributed by atoms with van der Waals surface area (Å²) >= 11 is 5.05. The highest BCUT2D eigenvalue weighted by molar-refractivity contribution is 9.10. The fourth-order valence-electron chi connectivity index (χ4n) is 2.35. The van der Waals surface area contributed by atoms with Gasteiger partial charge in [-0.15, -0.1) is 11.3 Å². The Balaban J connectivity index is 1.59. The summed E-state index contributed by atoms with van der Waals surface area (Å²) in [6, 6.07) is 14.9. The van der Waals surface area contributed by atoms with Gasteiger partial charge < -0.3 is 10.1 Å². The smallest absolute Gasteiger partial charge is 0.251 e. The minimum absolute atomic E-state index is 0.0938. The van der Waals surface area contributed by atoms with Crippen molar-refractivity contribution < 1.29 is 9.53 Å². The molecule has 0 saturated carbocycles. The quantitative estimate of drug-likeness (QED) is 0.616. The van der Waals surface area contributed by atoms with Gasteiger partial charge in [-0.3, -0.25) is 4.79 Å². The molecule has 3 rings (SSSR count). The number of hydrogen-bond donors (Lipinski definition) is 1. The molecule has 1 N–H and O–H groups in total. The largest absolute Gasteiger partial charge is 0.487 e. The van der Waals surface area contributed by atoms with Gasteiger partial charge in [0, 0.05) is 15.4 Å². The molecule has 1 heterocycles. The monoisotopic (exact) mass is 416 g/mol. The Kier molecular flexibility index (Phi) is 5.83. The van der Waals surface area contributed by atoms with Gasteiger partial charge in [-0.1, -0.05) is 34.1 Å². The van der Waals surface area contributed by atoms with Crippen molar-refractivity contribution in [1.29, 1.82) is 0 Å². The Labute approximate surface area is 159 Å². The highest BCUT2D eigenvalue weighted by Gasteiger charge is 2.13. The van der Waals surface area contributed by atoms with Gasteiger partial charge in [0.2, 0.25) is 0 Å². The number of halogens is 1. The zero-order valence-electron chi connectivity index (χ0n) is 13.6. The van der Waals surface area contributed by atoms with Crippen LogP contribution in [0.2, 0.25) is 0 Å². The molecule has 1 amide bonds. The molecule has 0 saturated heterocycles. The van der Waals surface area contributed by atoms with Crippen molar-refractivity contribution in [1.82, 2.24) is 10.3 Å². The minimum Gasteiger partial charge on any atom is -0.487 e. The SMILES string of the molecule is C[C@H](NC(=O)c1ccc(OCc2cscn2)cc1)c1ccccc1Br. The Hall–Kier alpha value is -2.18. The molecule has 0 spiro atoms. The molecule has 0 fully saturated rings. The molecule has 0 bridgehead atoms. The predicted octanol–water partition coefficient (Wildman–Crippen LogP) is 4.98. The number of thiazole rings is 1. The summed E-state index contributed by atoms with van der Waals surface area (Å²) in [5.74, 6) is 0.595. The maximum Gasteiger partial charge on any atom is 0.251 e. The molecule has 0 radical (unpaired) electrons. The molecule has 0 unspecified atom stereocenters. The third-order valence-corrected chi connectivity index (χ3v) is 5.06. The van der Waals surface area contributed by atoms with Gasteiger partial charge in [-0.05, 0) is 42.8 Å².